The number of amides is 1. The molecule has 0 radical (unpaired) electrons. The topological polar surface area (TPSA) is 72.9 Å². The average molecular weight is 243 g/mol. The van der Waals surface area contributed by atoms with Gasteiger partial charge in [0.25, 0.3) is 0 Å². The van der Waals surface area contributed by atoms with Crippen LogP contribution in [0.5, 0.6) is 0 Å². The lowest BCUT2D eigenvalue weighted by Gasteiger charge is -2.36. The number of nitrogens with zero attached hydrogens (tertiary/aromatic N) is 2. The highest BCUT2D eigenvalue weighted by Crippen LogP contribution is 2.06. The molecule has 1 aliphatic heterocycles. The Balaban J connectivity index is 2.35. The van der Waals surface area contributed by atoms with E-state index < -0.39 is 5.97 Å². The van der Waals surface area contributed by atoms with Crippen LogP contribution < -0.4 is 5.32 Å². The third-order valence-electron chi connectivity index (χ3n) is 3.04. The van der Waals surface area contributed by atoms with Gasteiger partial charge in [-0.15, -0.1) is 0 Å². The molecule has 1 amide bonds. The quantitative estimate of drug-likeness (QED) is 0.662. The molecule has 1 heterocycles. The fourth-order valence-corrected chi connectivity index (χ4v) is 1.99. The Kier molecular flexibility index (Phi) is 5.37. The lowest BCUT2D eigenvalue weighted by atomic mass is 10.2. The van der Waals surface area contributed by atoms with E-state index >= 15 is 0 Å². The number of rotatable bonds is 5. The maximum Gasteiger partial charge on any atom is 0.317 e. The van der Waals surface area contributed by atoms with Gasteiger partial charge < -0.3 is 10.4 Å². The third kappa shape index (κ3) is 4.32. The first-order valence-electron chi connectivity index (χ1n) is 6.00. The zero-order valence-electron chi connectivity index (χ0n) is 10.5. The van der Waals surface area contributed by atoms with Crippen molar-refractivity contribution in [3.63, 3.8) is 0 Å². The molecular weight excluding hydrogens is 222 g/mol. The number of likely N-dealkylation sites (N-methyl/N-ethyl adjacent to an activating group) is 1. The van der Waals surface area contributed by atoms with Gasteiger partial charge in [0.2, 0.25) is 5.91 Å². The van der Waals surface area contributed by atoms with Crippen LogP contribution in [0.3, 0.4) is 0 Å². The molecule has 0 aliphatic carbocycles. The molecule has 1 fully saturated rings. The Morgan fingerprint density at radius 2 is 1.88 bits per heavy atom. The molecule has 0 bridgehead atoms. The van der Waals surface area contributed by atoms with Crippen molar-refractivity contribution in [2.75, 3.05) is 39.3 Å². The van der Waals surface area contributed by atoms with E-state index in [1.807, 2.05) is 18.7 Å². The van der Waals surface area contributed by atoms with Crippen molar-refractivity contribution in [3.8, 4) is 0 Å². The van der Waals surface area contributed by atoms with Gasteiger partial charge in [-0.05, 0) is 13.8 Å². The van der Waals surface area contributed by atoms with Crippen LogP contribution >= 0.6 is 0 Å². The van der Waals surface area contributed by atoms with Gasteiger partial charge in [0.15, 0.2) is 0 Å². The summed E-state index contributed by atoms with van der Waals surface area (Å²) < 4.78 is 0. The first-order valence-corrected chi connectivity index (χ1v) is 6.00. The highest BCUT2D eigenvalue weighted by Gasteiger charge is 2.25. The van der Waals surface area contributed by atoms with Crippen molar-refractivity contribution in [1.82, 2.24) is 15.1 Å². The number of piperazine rings is 1. The van der Waals surface area contributed by atoms with E-state index in [1.54, 1.807) is 0 Å². The van der Waals surface area contributed by atoms with Crippen molar-refractivity contribution >= 4 is 11.9 Å². The van der Waals surface area contributed by atoms with Crippen LogP contribution in [0.25, 0.3) is 0 Å². The number of carboxylic acids is 1. The number of carbonyl (C=O) groups excluding carboxylic acids is 1. The van der Waals surface area contributed by atoms with Crippen LogP contribution in [0.4, 0.5) is 0 Å². The summed E-state index contributed by atoms with van der Waals surface area (Å²) in [4.78, 5) is 26.2. The van der Waals surface area contributed by atoms with Gasteiger partial charge >= 0.3 is 5.97 Å². The molecule has 6 heteroatoms. The zero-order chi connectivity index (χ0) is 12.8. The SMILES string of the molecule is CCNC(=O)C(C)N1CCN(CC(=O)O)CC1. The van der Waals surface area contributed by atoms with Crippen LogP contribution in [-0.4, -0.2) is 72.1 Å². The van der Waals surface area contributed by atoms with Crippen LogP contribution in [0.15, 0.2) is 0 Å². The number of nitrogens with one attached hydrogen (secondary N) is 1. The highest BCUT2D eigenvalue weighted by molar-refractivity contribution is 5.81. The second-order valence-electron chi connectivity index (χ2n) is 4.28. The predicted octanol–water partition coefficient (Wildman–Crippen LogP) is -0.787. The van der Waals surface area contributed by atoms with Gasteiger partial charge in [-0.1, -0.05) is 0 Å². The van der Waals surface area contributed by atoms with E-state index in [1.165, 1.54) is 0 Å². The lowest BCUT2D eigenvalue weighted by Crippen LogP contribution is -2.54. The van der Waals surface area contributed by atoms with Crippen molar-refractivity contribution in [3.05, 3.63) is 0 Å². The van der Waals surface area contributed by atoms with Crippen molar-refractivity contribution < 1.29 is 14.7 Å². The molecule has 6 nitrogen and oxygen atoms in total. The second kappa shape index (κ2) is 6.56. The lowest BCUT2D eigenvalue weighted by molar-refractivity contribution is -0.139. The van der Waals surface area contributed by atoms with E-state index in [2.05, 4.69) is 10.2 Å². The Hall–Kier alpha value is -1.14. The van der Waals surface area contributed by atoms with Crippen LogP contribution in [-0.2, 0) is 9.59 Å². The number of aliphatic carboxylic acids is 1. The summed E-state index contributed by atoms with van der Waals surface area (Å²) in [5.74, 6) is -0.755. The number of hydrogen-bond donors (Lipinski definition) is 2. The van der Waals surface area contributed by atoms with E-state index in [4.69, 9.17) is 5.11 Å². The summed E-state index contributed by atoms with van der Waals surface area (Å²) in [6, 6.07) is -0.137. The van der Waals surface area contributed by atoms with Gasteiger partial charge in [0.1, 0.15) is 0 Å². The molecule has 0 saturated carbocycles. The first-order chi connectivity index (χ1) is 8.04. The minimum absolute atomic E-state index is 0.0409. The Labute approximate surface area is 102 Å². The minimum atomic E-state index is -0.796. The van der Waals surface area contributed by atoms with Gasteiger partial charge in [-0.25, -0.2) is 0 Å². The molecular formula is C11H21N3O3. The summed E-state index contributed by atoms with van der Waals surface area (Å²) in [6.07, 6.45) is 0. The van der Waals surface area contributed by atoms with Gasteiger partial charge in [0.05, 0.1) is 12.6 Å². The summed E-state index contributed by atoms with van der Waals surface area (Å²) in [5, 5.41) is 11.5. The molecule has 1 rings (SSSR count). The maximum absolute atomic E-state index is 11.6. The standard InChI is InChI=1S/C11H21N3O3/c1-3-12-11(17)9(2)14-6-4-13(5-7-14)8-10(15)16/h9H,3-8H2,1-2H3,(H,12,17)(H,15,16). The molecule has 0 aromatic carbocycles. The summed E-state index contributed by atoms with van der Waals surface area (Å²) in [5.41, 5.74) is 0. The number of carboxylic acid groups (broad SMARTS) is 1. The zero-order valence-corrected chi connectivity index (χ0v) is 10.5. The molecule has 0 aromatic heterocycles. The highest BCUT2D eigenvalue weighted by atomic mass is 16.4. The first kappa shape index (κ1) is 13.9. The number of carbonyl (C=O) groups is 2. The van der Waals surface area contributed by atoms with Crippen LogP contribution in [0.1, 0.15) is 13.8 Å². The summed E-state index contributed by atoms with van der Waals surface area (Å²) >= 11 is 0. The molecule has 2 N–H and O–H groups in total. The van der Waals surface area contributed by atoms with E-state index in [0.29, 0.717) is 19.6 Å². The van der Waals surface area contributed by atoms with Gasteiger partial charge in [-0.2, -0.15) is 0 Å². The molecule has 0 spiro atoms. The van der Waals surface area contributed by atoms with E-state index in [9.17, 15) is 9.59 Å². The normalized spacial score (nSPS) is 19.9. The predicted molar refractivity (Wildman–Crippen MR) is 63.8 cm³/mol. The molecule has 0 aromatic rings. The van der Waals surface area contributed by atoms with Gasteiger partial charge in [0, 0.05) is 32.7 Å². The van der Waals surface area contributed by atoms with E-state index in [0.717, 1.165) is 13.1 Å². The Morgan fingerprint density at radius 1 is 1.29 bits per heavy atom. The van der Waals surface area contributed by atoms with Crippen LogP contribution in [0.2, 0.25) is 0 Å². The number of hydrogen-bond acceptors (Lipinski definition) is 4. The van der Waals surface area contributed by atoms with Crippen molar-refractivity contribution in [2.24, 2.45) is 0 Å². The molecule has 1 aliphatic rings. The smallest absolute Gasteiger partial charge is 0.317 e. The maximum atomic E-state index is 11.6. The minimum Gasteiger partial charge on any atom is -0.480 e. The van der Waals surface area contributed by atoms with Gasteiger partial charge in [-0.3, -0.25) is 19.4 Å². The fraction of sp³-hybridized carbons (Fsp3) is 0.818. The summed E-state index contributed by atoms with van der Waals surface area (Å²) in [7, 11) is 0. The molecule has 17 heavy (non-hydrogen) atoms. The summed E-state index contributed by atoms with van der Waals surface area (Å²) in [6.45, 7) is 7.40. The van der Waals surface area contributed by atoms with Crippen molar-refractivity contribution in [1.29, 1.82) is 0 Å². The monoisotopic (exact) mass is 243 g/mol. The van der Waals surface area contributed by atoms with Crippen molar-refractivity contribution in [2.45, 2.75) is 19.9 Å². The fourth-order valence-electron chi connectivity index (χ4n) is 1.99. The molecule has 1 unspecified atom stereocenters. The van der Waals surface area contributed by atoms with Crippen LogP contribution in [0, 0.1) is 0 Å². The molecule has 1 saturated heterocycles. The Bertz CT molecular complexity index is 275. The second-order valence-corrected chi connectivity index (χ2v) is 4.28. The third-order valence-corrected chi connectivity index (χ3v) is 3.04. The average Bonchev–Trinajstić information content (AvgIpc) is 2.28. The van der Waals surface area contributed by atoms with E-state index in [-0.39, 0.29) is 18.5 Å². The molecule has 1 atom stereocenters. The Morgan fingerprint density at radius 3 is 2.35 bits per heavy atom. The largest absolute Gasteiger partial charge is 0.480 e. The molecule has 98 valence electrons.